The lowest BCUT2D eigenvalue weighted by atomic mass is 9.46. The normalized spacial score (nSPS) is 38.1. The monoisotopic (exact) mass is 542 g/mol. The van der Waals surface area contributed by atoms with Crippen molar-refractivity contribution in [1.29, 1.82) is 0 Å². The second kappa shape index (κ2) is 6.54. The highest BCUT2D eigenvalue weighted by atomic mass is 16.3. The molecule has 0 radical (unpaired) electrons. The summed E-state index contributed by atoms with van der Waals surface area (Å²) in [5.41, 5.74) is -5.58. The maximum Gasteiger partial charge on any atom is 0.175 e. The fourth-order valence-electron chi connectivity index (χ4n) is 9.51. The minimum atomic E-state index is -2.25. The first-order valence-corrected chi connectivity index (χ1v) is 12.9. The standard InChI is InChI=1S/C30H22O10/c1-7-3-9-13(11(31)5-7)21(33)17-25(37)20-23(35)15-16-24(36)19(29(15,17)27(9)39)26(38)18-22(34)14-10(28(40)30(16,18)20)4-8(2)6-12(14)32/h3-6,15-16,19-20,23-24,31-36H,1-2H3/t15-,16+,19-,20-,23+,24+,29-,30+/m0/s1. The number of aliphatic hydroxyl groups excluding tert-OH is 4. The molecule has 202 valence electrons. The summed E-state index contributed by atoms with van der Waals surface area (Å²) in [5, 5.41) is 67.8. The van der Waals surface area contributed by atoms with Gasteiger partial charge in [-0.05, 0) is 49.2 Å². The Kier molecular flexibility index (Phi) is 3.86. The fraction of sp³-hybridized carbons (Fsp3) is 0.333. The van der Waals surface area contributed by atoms with E-state index >= 15 is 0 Å². The molecule has 6 aliphatic rings. The average Bonchev–Trinajstić information content (AvgIpc) is 3.22. The van der Waals surface area contributed by atoms with Gasteiger partial charge in [0.25, 0.3) is 0 Å². The molecule has 4 bridgehead atoms. The van der Waals surface area contributed by atoms with Gasteiger partial charge >= 0.3 is 0 Å². The van der Waals surface area contributed by atoms with Crippen molar-refractivity contribution in [3.8, 4) is 11.5 Å². The van der Waals surface area contributed by atoms with E-state index in [1.807, 2.05) is 0 Å². The molecule has 0 heterocycles. The number of ketones is 4. The van der Waals surface area contributed by atoms with Crippen LogP contribution in [-0.2, 0) is 9.59 Å². The van der Waals surface area contributed by atoms with Crippen LogP contribution in [0, 0.1) is 48.3 Å². The Bertz CT molecular complexity index is 1680. The topological polar surface area (TPSA) is 190 Å². The molecule has 0 amide bonds. The van der Waals surface area contributed by atoms with E-state index in [4.69, 9.17) is 0 Å². The number of carbonyl (C=O) groups excluding carboxylic acids is 4. The highest BCUT2D eigenvalue weighted by Crippen LogP contribution is 2.80. The quantitative estimate of drug-likeness (QED) is 0.286. The van der Waals surface area contributed by atoms with Crippen LogP contribution in [-0.4, -0.2) is 66.0 Å². The molecule has 2 aromatic carbocycles. The summed E-state index contributed by atoms with van der Waals surface area (Å²) in [7, 11) is 0. The molecule has 10 nitrogen and oxygen atoms in total. The number of phenols is 2. The predicted molar refractivity (Wildman–Crippen MR) is 134 cm³/mol. The largest absolute Gasteiger partial charge is 0.507 e. The molecule has 0 unspecified atom stereocenters. The number of benzene rings is 2. The van der Waals surface area contributed by atoms with Crippen molar-refractivity contribution in [3.05, 3.63) is 68.8 Å². The van der Waals surface area contributed by atoms with Gasteiger partial charge in [-0.15, -0.1) is 0 Å². The summed E-state index contributed by atoms with van der Waals surface area (Å²) in [6, 6.07) is 5.37. The minimum absolute atomic E-state index is 0.185. The fourth-order valence-corrected chi connectivity index (χ4v) is 9.51. The Hall–Kier alpha value is -4.28. The molecule has 0 aliphatic heterocycles. The third kappa shape index (κ3) is 1.96. The Morgan fingerprint density at radius 1 is 0.600 bits per heavy atom. The number of phenolic OH excluding ortho intramolecular Hbond substituents is 2. The molecule has 8 atom stereocenters. The van der Waals surface area contributed by atoms with E-state index in [9.17, 15) is 49.8 Å². The van der Waals surface area contributed by atoms with Gasteiger partial charge in [0, 0.05) is 23.0 Å². The first-order valence-electron chi connectivity index (χ1n) is 12.9. The first kappa shape index (κ1) is 23.6. The third-order valence-corrected chi connectivity index (χ3v) is 10.4. The van der Waals surface area contributed by atoms with Gasteiger partial charge < -0.3 is 30.6 Å². The zero-order chi connectivity index (χ0) is 28.5. The molecule has 0 aromatic heterocycles. The lowest BCUT2D eigenvalue weighted by Gasteiger charge is -2.53. The van der Waals surface area contributed by atoms with Gasteiger partial charge in [0.05, 0.1) is 57.1 Å². The lowest BCUT2D eigenvalue weighted by Crippen LogP contribution is -2.65. The first-order chi connectivity index (χ1) is 18.8. The Labute approximate surface area is 225 Å². The van der Waals surface area contributed by atoms with Crippen LogP contribution in [0.1, 0.15) is 43.0 Å². The summed E-state index contributed by atoms with van der Waals surface area (Å²) >= 11 is 0. The van der Waals surface area contributed by atoms with Crippen LogP contribution in [0.5, 0.6) is 11.5 Å². The van der Waals surface area contributed by atoms with E-state index in [1.165, 1.54) is 24.3 Å². The second-order valence-corrected chi connectivity index (χ2v) is 12.0. The van der Waals surface area contributed by atoms with E-state index < -0.39 is 104 Å². The molecule has 4 saturated carbocycles. The molecule has 6 aliphatic carbocycles. The number of fused-ring (bicyclic) bond motifs is 4. The Balaban J connectivity index is 1.55. The average molecular weight is 542 g/mol. The van der Waals surface area contributed by atoms with Crippen molar-refractivity contribution in [3.63, 3.8) is 0 Å². The van der Waals surface area contributed by atoms with E-state index in [0.717, 1.165) is 0 Å². The zero-order valence-electron chi connectivity index (χ0n) is 21.1. The van der Waals surface area contributed by atoms with Crippen molar-refractivity contribution in [2.24, 2.45) is 34.5 Å². The van der Waals surface area contributed by atoms with E-state index in [1.54, 1.807) is 13.8 Å². The number of aryl methyl sites for hydroxylation is 2. The Morgan fingerprint density at radius 3 is 1.30 bits per heavy atom. The molecule has 8 rings (SSSR count). The predicted octanol–water partition coefficient (Wildman–Crippen LogP) is 1.70. The van der Waals surface area contributed by atoms with Crippen LogP contribution in [0.4, 0.5) is 0 Å². The van der Waals surface area contributed by atoms with Crippen LogP contribution < -0.4 is 0 Å². The van der Waals surface area contributed by atoms with Crippen molar-refractivity contribution in [2.75, 3.05) is 0 Å². The van der Waals surface area contributed by atoms with Crippen LogP contribution in [0.15, 0.2) is 35.4 Å². The molecule has 40 heavy (non-hydrogen) atoms. The van der Waals surface area contributed by atoms with Gasteiger partial charge in [-0.25, -0.2) is 0 Å². The van der Waals surface area contributed by atoms with Gasteiger partial charge in [-0.2, -0.15) is 0 Å². The molecule has 4 fully saturated rings. The van der Waals surface area contributed by atoms with Crippen molar-refractivity contribution in [1.82, 2.24) is 0 Å². The summed E-state index contributed by atoms with van der Waals surface area (Å²) in [5.74, 6) is -12.2. The van der Waals surface area contributed by atoms with E-state index in [-0.39, 0.29) is 22.3 Å². The maximum absolute atomic E-state index is 14.5. The lowest BCUT2D eigenvalue weighted by molar-refractivity contribution is -0.142. The van der Waals surface area contributed by atoms with Gasteiger partial charge in [-0.3, -0.25) is 19.2 Å². The van der Waals surface area contributed by atoms with Crippen LogP contribution in [0.25, 0.3) is 11.5 Å². The van der Waals surface area contributed by atoms with E-state index in [2.05, 4.69) is 0 Å². The maximum atomic E-state index is 14.5. The molecular weight excluding hydrogens is 520 g/mol. The van der Waals surface area contributed by atoms with Crippen LogP contribution in [0.3, 0.4) is 0 Å². The molecule has 6 N–H and O–H groups in total. The molecule has 2 aromatic rings. The second-order valence-electron chi connectivity index (χ2n) is 12.0. The number of rotatable bonds is 0. The molecule has 10 heteroatoms. The number of carbonyl (C=O) groups is 4. The molecular formula is C30H22O10. The third-order valence-electron chi connectivity index (χ3n) is 10.4. The number of hydrogen-bond donors (Lipinski definition) is 6. The van der Waals surface area contributed by atoms with Crippen molar-refractivity contribution < 1.29 is 49.8 Å². The molecule has 0 saturated heterocycles. The van der Waals surface area contributed by atoms with Gasteiger partial charge in [-0.1, -0.05) is 0 Å². The van der Waals surface area contributed by atoms with Gasteiger partial charge in [0.15, 0.2) is 23.1 Å². The van der Waals surface area contributed by atoms with Crippen molar-refractivity contribution >= 4 is 34.7 Å². The summed E-state index contributed by atoms with van der Waals surface area (Å²) < 4.78 is 0. The number of hydrogen-bond acceptors (Lipinski definition) is 10. The number of allylic oxidation sites excluding steroid dienone is 2. The Morgan fingerprint density at radius 2 is 0.950 bits per heavy atom. The number of aliphatic hydroxyl groups is 4. The zero-order valence-corrected chi connectivity index (χ0v) is 21.1. The number of Topliss-reactive ketones (excluding diaryl/α,β-unsaturated/α-hetero) is 4. The van der Waals surface area contributed by atoms with Gasteiger partial charge in [0.1, 0.15) is 23.0 Å². The summed E-state index contributed by atoms with van der Waals surface area (Å²) in [4.78, 5) is 57.9. The SMILES string of the molecule is Cc1cc(O)c2c(c1)C(=O)[C@]13C(=C2O)C(=O)[C@@H]2[C@H](O)[C@@H]1[C@@H]1[C@@H](O)[C@H]3C(=O)C3=C(O)c4c(O)cc(C)cc4C(=O)[C@@]312. The highest BCUT2D eigenvalue weighted by Gasteiger charge is 2.89. The van der Waals surface area contributed by atoms with Gasteiger partial charge in [0.2, 0.25) is 0 Å². The minimum Gasteiger partial charge on any atom is -0.507 e. The molecule has 2 spiro atoms. The van der Waals surface area contributed by atoms with Crippen LogP contribution >= 0.6 is 0 Å². The van der Waals surface area contributed by atoms with E-state index in [0.29, 0.717) is 11.1 Å². The van der Waals surface area contributed by atoms with Crippen LogP contribution in [0.2, 0.25) is 0 Å². The van der Waals surface area contributed by atoms with Crippen molar-refractivity contribution in [2.45, 2.75) is 26.1 Å². The number of aromatic hydroxyl groups is 2. The smallest absolute Gasteiger partial charge is 0.175 e. The highest BCUT2D eigenvalue weighted by molar-refractivity contribution is 6.30. The summed E-state index contributed by atoms with van der Waals surface area (Å²) in [6.45, 7) is 3.19. The summed E-state index contributed by atoms with van der Waals surface area (Å²) in [6.07, 6.45) is -3.37.